The van der Waals surface area contributed by atoms with E-state index in [0.717, 1.165) is 9.86 Å². The van der Waals surface area contributed by atoms with E-state index >= 15 is 0 Å². The minimum absolute atomic E-state index is 0.383. The number of methoxy groups -OCH3 is 1. The van der Waals surface area contributed by atoms with Crippen LogP contribution in [0.25, 0.3) is 11.0 Å². The van der Waals surface area contributed by atoms with Crippen molar-refractivity contribution in [1.29, 1.82) is 0 Å². The van der Waals surface area contributed by atoms with E-state index < -0.39 is 0 Å². The molecule has 2 aromatic rings. The molecule has 1 aromatic carbocycles. The molecule has 72 valence electrons. The van der Waals surface area contributed by atoms with E-state index in [2.05, 4.69) is 20.7 Å². The molecule has 0 aliphatic heterocycles. The fourth-order valence-corrected chi connectivity index (χ4v) is 1.61. The quantitative estimate of drug-likeness (QED) is 0.735. The zero-order chi connectivity index (χ0) is 10.1. The average molecular weight is 255 g/mol. The summed E-state index contributed by atoms with van der Waals surface area (Å²) in [5.41, 5.74) is 1.12. The predicted octanol–water partition coefficient (Wildman–Crippen LogP) is 2.98. The van der Waals surface area contributed by atoms with Crippen LogP contribution in [0.1, 0.15) is 10.4 Å². The Bertz CT molecular complexity index is 487. The number of hydrogen-bond acceptors (Lipinski definition) is 3. The second-order valence-corrected chi connectivity index (χ2v) is 3.70. The monoisotopic (exact) mass is 254 g/mol. The summed E-state index contributed by atoms with van der Waals surface area (Å²) in [7, 11) is 1.35. The maximum absolute atomic E-state index is 11.3. The lowest BCUT2D eigenvalue weighted by atomic mass is 10.2. The molecule has 1 aromatic heterocycles. The maximum Gasteiger partial charge on any atom is 0.341 e. The van der Waals surface area contributed by atoms with Crippen LogP contribution in [0.15, 0.2) is 33.4 Å². The first-order chi connectivity index (χ1) is 6.72. The van der Waals surface area contributed by atoms with Crippen LogP contribution in [0.5, 0.6) is 0 Å². The summed E-state index contributed by atoms with van der Waals surface area (Å²) in [6.45, 7) is 0. The van der Waals surface area contributed by atoms with Crippen molar-refractivity contribution in [3.8, 4) is 0 Å². The minimum atomic E-state index is -0.383. The molecular weight excluding hydrogens is 248 g/mol. The van der Waals surface area contributed by atoms with Gasteiger partial charge in [0.2, 0.25) is 0 Å². The molecule has 0 saturated carbocycles. The van der Waals surface area contributed by atoms with Gasteiger partial charge in [-0.25, -0.2) is 4.79 Å². The molecule has 14 heavy (non-hydrogen) atoms. The average Bonchev–Trinajstić information content (AvgIpc) is 2.59. The lowest BCUT2D eigenvalue weighted by molar-refractivity contribution is 0.0602. The highest BCUT2D eigenvalue weighted by atomic mass is 79.9. The molecule has 0 aliphatic rings. The number of fused-ring (bicyclic) bond motifs is 1. The molecule has 1 heterocycles. The van der Waals surface area contributed by atoms with Crippen molar-refractivity contribution in [3.05, 3.63) is 34.5 Å². The Balaban J connectivity index is 2.64. The van der Waals surface area contributed by atoms with Gasteiger partial charge in [0.1, 0.15) is 17.4 Å². The van der Waals surface area contributed by atoms with Crippen molar-refractivity contribution in [2.24, 2.45) is 0 Å². The van der Waals surface area contributed by atoms with E-state index in [1.54, 1.807) is 0 Å². The number of carbonyl (C=O) groups is 1. The van der Waals surface area contributed by atoms with Gasteiger partial charge in [0.05, 0.1) is 7.11 Å². The van der Waals surface area contributed by atoms with Gasteiger partial charge in [0.25, 0.3) is 0 Å². The Kier molecular flexibility index (Phi) is 2.29. The third kappa shape index (κ3) is 1.42. The van der Waals surface area contributed by atoms with E-state index in [-0.39, 0.29) is 5.97 Å². The van der Waals surface area contributed by atoms with Crippen LogP contribution in [0.4, 0.5) is 0 Å². The Hall–Kier alpha value is -1.29. The van der Waals surface area contributed by atoms with Gasteiger partial charge in [-0.05, 0) is 18.2 Å². The molecular formula is C10H7BrO3. The van der Waals surface area contributed by atoms with E-state index in [9.17, 15) is 4.79 Å². The number of rotatable bonds is 1. The Labute approximate surface area is 88.8 Å². The smallest absolute Gasteiger partial charge is 0.341 e. The van der Waals surface area contributed by atoms with E-state index in [1.807, 2.05) is 18.2 Å². The van der Waals surface area contributed by atoms with Crippen molar-refractivity contribution >= 4 is 32.9 Å². The van der Waals surface area contributed by atoms with Crippen LogP contribution in [0, 0.1) is 0 Å². The van der Waals surface area contributed by atoms with Gasteiger partial charge in [0, 0.05) is 9.86 Å². The van der Waals surface area contributed by atoms with Crippen LogP contribution in [0.2, 0.25) is 0 Å². The zero-order valence-corrected chi connectivity index (χ0v) is 9.00. The molecule has 0 spiro atoms. The molecule has 0 aliphatic carbocycles. The molecule has 2 rings (SSSR count). The van der Waals surface area contributed by atoms with Crippen molar-refractivity contribution < 1.29 is 13.9 Å². The van der Waals surface area contributed by atoms with Crippen LogP contribution in [-0.2, 0) is 4.74 Å². The molecule has 0 radical (unpaired) electrons. The Morgan fingerprint density at radius 3 is 3.00 bits per heavy atom. The second-order valence-electron chi connectivity index (χ2n) is 2.78. The fourth-order valence-electron chi connectivity index (χ4n) is 1.27. The van der Waals surface area contributed by atoms with Gasteiger partial charge in [-0.2, -0.15) is 0 Å². The van der Waals surface area contributed by atoms with Crippen molar-refractivity contribution in [2.75, 3.05) is 7.11 Å². The SMILES string of the molecule is COC(=O)c1coc2cc(Br)ccc12. The molecule has 4 heteroatoms. The Morgan fingerprint density at radius 1 is 1.50 bits per heavy atom. The summed E-state index contributed by atoms with van der Waals surface area (Å²) >= 11 is 3.32. The van der Waals surface area contributed by atoms with Crippen molar-refractivity contribution in [3.63, 3.8) is 0 Å². The topological polar surface area (TPSA) is 39.4 Å². The summed E-state index contributed by atoms with van der Waals surface area (Å²) in [6, 6.07) is 5.47. The first-order valence-electron chi connectivity index (χ1n) is 3.97. The lowest BCUT2D eigenvalue weighted by Gasteiger charge is -1.94. The standard InChI is InChI=1S/C10H7BrO3/c1-13-10(12)8-5-14-9-4-6(11)2-3-7(8)9/h2-5H,1H3. The minimum Gasteiger partial charge on any atom is -0.465 e. The van der Waals surface area contributed by atoms with Crippen LogP contribution < -0.4 is 0 Å². The number of esters is 1. The summed E-state index contributed by atoms with van der Waals surface area (Å²) in [5, 5.41) is 0.764. The first-order valence-corrected chi connectivity index (χ1v) is 4.77. The van der Waals surface area contributed by atoms with E-state index in [1.165, 1.54) is 13.4 Å². The first kappa shape index (κ1) is 9.27. The number of halogens is 1. The second kappa shape index (κ2) is 3.46. The van der Waals surface area contributed by atoms with Gasteiger partial charge < -0.3 is 9.15 Å². The van der Waals surface area contributed by atoms with Gasteiger partial charge >= 0.3 is 5.97 Å². The summed E-state index contributed by atoms with van der Waals surface area (Å²) in [6.07, 6.45) is 1.41. The summed E-state index contributed by atoms with van der Waals surface area (Å²) < 4.78 is 10.8. The third-order valence-corrected chi connectivity index (χ3v) is 2.44. The van der Waals surface area contributed by atoms with Crippen molar-refractivity contribution in [2.45, 2.75) is 0 Å². The molecule has 3 nitrogen and oxygen atoms in total. The number of ether oxygens (including phenoxy) is 1. The van der Waals surface area contributed by atoms with Crippen LogP contribution in [0.3, 0.4) is 0 Å². The predicted molar refractivity (Wildman–Crippen MR) is 55.3 cm³/mol. The largest absolute Gasteiger partial charge is 0.465 e. The fraction of sp³-hybridized carbons (Fsp3) is 0.100. The molecule has 0 saturated heterocycles. The molecule has 0 bridgehead atoms. The summed E-state index contributed by atoms with van der Waals surface area (Å²) in [4.78, 5) is 11.3. The number of benzene rings is 1. The Morgan fingerprint density at radius 2 is 2.29 bits per heavy atom. The van der Waals surface area contributed by atoms with Gasteiger partial charge in [-0.3, -0.25) is 0 Å². The van der Waals surface area contributed by atoms with E-state index in [4.69, 9.17) is 4.42 Å². The summed E-state index contributed by atoms with van der Waals surface area (Å²) in [5.74, 6) is -0.383. The number of hydrogen-bond donors (Lipinski definition) is 0. The molecule has 0 fully saturated rings. The van der Waals surface area contributed by atoms with Crippen LogP contribution >= 0.6 is 15.9 Å². The molecule has 0 amide bonds. The zero-order valence-electron chi connectivity index (χ0n) is 7.41. The van der Waals surface area contributed by atoms with Gasteiger partial charge in [-0.15, -0.1) is 0 Å². The van der Waals surface area contributed by atoms with Crippen molar-refractivity contribution in [1.82, 2.24) is 0 Å². The third-order valence-electron chi connectivity index (χ3n) is 1.94. The van der Waals surface area contributed by atoms with Gasteiger partial charge in [-0.1, -0.05) is 15.9 Å². The van der Waals surface area contributed by atoms with Crippen LogP contribution in [-0.4, -0.2) is 13.1 Å². The number of furan rings is 1. The number of carbonyl (C=O) groups excluding carboxylic acids is 1. The highest BCUT2D eigenvalue weighted by Crippen LogP contribution is 2.24. The molecule has 0 atom stereocenters. The van der Waals surface area contributed by atoms with Gasteiger partial charge in [0.15, 0.2) is 0 Å². The molecule has 0 unspecified atom stereocenters. The highest BCUT2D eigenvalue weighted by molar-refractivity contribution is 9.10. The maximum atomic E-state index is 11.3. The highest BCUT2D eigenvalue weighted by Gasteiger charge is 2.13. The van der Waals surface area contributed by atoms with E-state index in [0.29, 0.717) is 11.1 Å². The lowest BCUT2D eigenvalue weighted by Crippen LogP contribution is -1.99. The molecule has 0 N–H and O–H groups in total. The normalized spacial score (nSPS) is 10.4.